The van der Waals surface area contributed by atoms with E-state index in [-0.39, 0.29) is 5.41 Å². The van der Waals surface area contributed by atoms with Gasteiger partial charge in [-0.25, -0.2) is 0 Å². The predicted octanol–water partition coefficient (Wildman–Crippen LogP) is 5.40. The van der Waals surface area contributed by atoms with Crippen LogP contribution in [0.5, 0.6) is 0 Å². The van der Waals surface area contributed by atoms with Crippen molar-refractivity contribution in [3.05, 3.63) is 35.4 Å². The van der Waals surface area contributed by atoms with Crippen molar-refractivity contribution in [2.24, 2.45) is 0 Å². The van der Waals surface area contributed by atoms with Crippen molar-refractivity contribution in [1.82, 2.24) is 9.80 Å². The van der Waals surface area contributed by atoms with Gasteiger partial charge in [-0.05, 0) is 23.0 Å². The molecule has 0 N–H and O–H groups in total. The van der Waals surface area contributed by atoms with E-state index in [0.717, 1.165) is 45.8 Å². The fourth-order valence-electron chi connectivity index (χ4n) is 3.92. The minimum Gasteiger partial charge on any atom is -0.379 e. The third kappa shape index (κ3) is 9.18. The molecule has 170 valence electrons. The number of carbonyl (C=O) groups excluding carboxylic acids is 1. The monoisotopic (exact) mass is 416 g/mol. The number of morpholine rings is 1. The van der Waals surface area contributed by atoms with Gasteiger partial charge < -0.3 is 9.64 Å². The molecular weight excluding hydrogens is 372 g/mol. The summed E-state index contributed by atoms with van der Waals surface area (Å²) in [4.78, 5) is 17.5. The molecule has 0 saturated carbocycles. The minimum absolute atomic E-state index is 0.155. The highest BCUT2D eigenvalue weighted by molar-refractivity contribution is 5.76. The van der Waals surface area contributed by atoms with Gasteiger partial charge in [-0.15, -0.1) is 0 Å². The summed E-state index contributed by atoms with van der Waals surface area (Å²) in [7, 11) is 0. The Bertz CT molecular complexity index is 600. The van der Waals surface area contributed by atoms with E-state index in [0.29, 0.717) is 18.9 Å². The fourth-order valence-corrected chi connectivity index (χ4v) is 3.92. The molecule has 0 aliphatic carbocycles. The average molecular weight is 417 g/mol. The third-order valence-electron chi connectivity index (χ3n) is 6.08. The molecule has 4 heteroatoms. The van der Waals surface area contributed by atoms with Gasteiger partial charge in [-0.1, -0.05) is 84.1 Å². The van der Waals surface area contributed by atoms with Crippen LogP contribution >= 0.6 is 0 Å². The van der Waals surface area contributed by atoms with Crippen LogP contribution in [0.4, 0.5) is 0 Å². The molecule has 0 bridgehead atoms. The Hall–Kier alpha value is -1.39. The third-order valence-corrected chi connectivity index (χ3v) is 6.08. The zero-order valence-electron chi connectivity index (χ0n) is 19.9. The van der Waals surface area contributed by atoms with Crippen LogP contribution in [-0.2, 0) is 21.5 Å². The Kier molecular flexibility index (Phi) is 10.9. The maximum atomic E-state index is 13.0. The molecule has 4 nitrogen and oxygen atoms in total. The number of hydrogen-bond donors (Lipinski definition) is 0. The summed E-state index contributed by atoms with van der Waals surface area (Å²) in [5.41, 5.74) is 2.72. The highest BCUT2D eigenvalue weighted by atomic mass is 16.5. The lowest BCUT2D eigenvalue weighted by Crippen LogP contribution is -2.42. The van der Waals surface area contributed by atoms with E-state index in [9.17, 15) is 4.79 Å². The van der Waals surface area contributed by atoms with Gasteiger partial charge in [0.25, 0.3) is 0 Å². The molecule has 0 unspecified atom stereocenters. The second-order valence-corrected chi connectivity index (χ2v) is 9.73. The van der Waals surface area contributed by atoms with Crippen LogP contribution in [0.2, 0.25) is 0 Å². The van der Waals surface area contributed by atoms with E-state index in [1.807, 2.05) is 0 Å². The average Bonchev–Trinajstić information content (AvgIpc) is 2.74. The van der Waals surface area contributed by atoms with Gasteiger partial charge in [0.1, 0.15) is 0 Å². The lowest BCUT2D eigenvalue weighted by molar-refractivity contribution is -0.132. The van der Waals surface area contributed by atoms with Gasteiger partial charge in [0.15, 0.2) is 0 Å². The number of rotatable bonds is 12. The fraction of sp³-hybridized carbons (Fsp3) is 0.731. The van der Waals surface area contributed by atoms with Crippen LogP contribution in [0, 0.1) is 0 Å². The predicted molar refractivity (Wildman–Crippen MR) is 126 cm³/mol. The van der Waals surface area contributed by atoms with Crippen molar-refractivity contribution >= 4 is 5.91 Å². The highest BCUT2D eigenvalue weighted by Crippen LogP contribution is 2.22. The molecule has 1 saturated heterocycles. The van der Waals surface area contributed by atoms with Gasteiger partial charge in [-0.2, -0.15) is 0 Å². The zero-order chi connectivity index (χ0) is 21.8. The molecular formula is C26H44N2O2. The van der Waals surface area contributed by atoms with Crippen molar-refractivity contribution in [3.63, 3.8) is 0 Å². The van der Waals surface area contributed by atoms with E-state index in [1.165, 1.54) is 43.2 Å². The Morgan fingerprint density at radius 3 is 2.27 bits per heavy atom. The van der Waals surface area contributed by atoms with E-state index in [2.05, 4.69) is 61.8 Å². The first-order valence-corrected chi connectivity index (χ1v) is 12.1. The smallest absolute Gasteiger partial charge is 0.222 e. The lowest BCUT2D eigenvalue weighted by Gasteiger charge is -2.30. The van der Waals surface area contributed by atoms with Crippen molar-refractivity contribution < 1.29 is 9.53 Å². The van der Waals surface area contributed by atoms with Crippen LogP contribution < -0.4 is 0 Å². The van der Waals surface area contributed by atoms with Gasteiger partial charge in [0.2, 0.25) is 5.91 Å². The summed E-state index contributed by atoms with van der Waals surface area (Å²) < 4.78 is 5.46. The van der Waals surface area contributed by atoms with Crippen LogP contribution in [0.3, 0.4) is 0 Å². The Labute approximate surface area is 185 Å². The summed E-state index contributed by atoms with van der Waals surface area (Å²) in [6.07, 6.45) is 7.99. The van der Waals surface area contributed by atoms with E-state index in [1.54, 1.807) is 0 Å². The van der Waals surface area contributed by atoms with Crippen molar-refractivity contribution in [2.45, 2.75) is 84.6 Å². The summed E-state index contributed by atoms with van der Waals surface area (Å²) in [6, 6.07) is 8.82. The number of hydrogen-bond acceptors (Lipinski definition) is 3. The van der Waals surface area contributed by atoms with Gasteiger partial charge in [0.05, 0.1) is 13.2 Å². The molecule has 1 heterocycles. The maximum Gasteiger partial charge on any atom is 0.222 e. The minimum atomic E-state index is 0.155. The molecule has 0 aromatic heterocycles. The normalized spacial score (nSPS) is 15.3. The summed E-state index contributed by atoms with van der Waals surface area (Å²) in [6.45, 7) is 15.0. The first kappa shape index (κ1) is 24.9. The lowest BCUT2D eigenvalue weighted by atomic mass is 9.87. The number of amides is 1. The SMILES string of the molecule is CCCCCCCCC(=O)N(CCN1CCOCC1)Cc1ccc(C(C)(C)C)cc1. The van der Waals surface area contributed by atoms with Crippen molar-refractivity contribution in [1.29, 1.82) is 0 Å². The number of nitrogens with zero attached hydrogens (tertiary/aromatic N) is 2. The molecule has 1 fully saturated rings. The van der Waals surface area contributed by atoms with Crippen LogP contribution in [0.25, 0.3) is 0 Å². The van der Waals surface area contributed by atoms with Gasteiger partial charge >= 0.3 is 0 Å². The summed E-state index contributed by atoms with van der Waals surface area (Å²) >= 11 is 0. The first-order valence-electron chi connectivity index (χ1n) is 12.1. The largest absolute Gasteiger partial charge is 0.379 e. The molecule has 0 atom stereocenters. The van der Waals surface area contributed by atoms with Gasteiger partial charge in [0, 0.05) is 39.1 Å². The number of unbranched alkanes of at least 4 members (excludes halogenated alkanes) is 5. The summed E-state index contributed by atoms with van der Waals surface area (Å²) in [5.74, 6) is 0.304. The summed E-state index contributed by atoms with van der Waals surface area (Å²) in [5, 5.41) is 0. The molecule has 0 radical (unpaired) electrons. The molecule has 1 aliphatic rings. The molecule has 30 heavy (non-hydrogen) atoms. The van der Waals surface area contributed by atoms with Crippen LogP contribution in [-0.4, -0.2) is 55.1 Å². The topological polar surface area (TPSA) is 32.8 Å². The number of ether oxygens (including phenoxy) is 1. The quantitative estimate of drug-likeness (QED) is 0.428. The Morgan fingerprint density at radius 2 is 1.63 bits per heavy atom. The van der Waals surface area contributed by atoms with Crippen molar-refractivity contribution in [3.8, 4) is 0 Å². The standard InChI is InChI=1S/C26H44N2O2/c1-5-6-7-8-9-10-11-25(29)28(17-16-27-18-20-30-21-19-27)22-23-12-14-24(15-13-23)26(2,3)4/h12-15H,5-11,16-22H2,1-4H3. The highest BCUT2D eigenvalue weighted by Gasteiger charge is 2.18. The van der Waals surface area contributed by atoms with Crippen molar-refractivity contribution in [2.75, 3.05) is 39.4 Å². The van der Waals surface area contributed by atoms with Crippen LogP contribution in [0.15, 0.2) is 24.3 Å². The molecule has 1 aromatic rings. The van der Waals surface area contributed by atoms with E-state index < -0.39 is 0 Å². The second kappa shape index (κ2) is 13.1. The van der Waals surface area contributed by atoms with E-state index >= 15 is 0 Å². The van der Waals surface area contributed by atoms with E-state index in [4.69, 9.17) is 4.74 Å². The zero-order valence-corrected chi connectivity index (χ0v) is 19.9. The Balaban J connectivity index is 1.91. The second-order valence-electron chi connectivity index (χ2n) is 9.73. The molecule has 1 aliphatic heterocycles. The van der Waals surface area contributed by atoms with Gasteiger partial charge in [-0.3, -0.25) is 9.69 Å². The molecule has 1 amide bonds. The molecule has 1 aromatic carbocycles. The molecule has 0 spiro atoms. The number of carbonyl (C=O) groups is 1. The van der Waals surface area contributed by atoms with Crippen LogP contribution in [0.1, 0.15) is 83.8 Å². The molecule has 2 rings (SSSR count). The maximum absolute atomic E-state index is 13.0. The number of benzene rings is 1. The Morgan fingerprint density at radius 1 is 1.00 bits per heavy atom. The first-order chi connectivity index (χ1) is 14.4.